The Labute approximate surface area is 42.9 Å². The van der Waals surface area contributed by atoms with Crippen molar-refractivity contribution in [1.29, 1.82) is 0 Å². The molecule has 41 valence electrons. The van der Waals surface area contributed by atoms with Gasteiger partial charge in [-0.15, -0.1) is 0 Å². The fourth-order valence-corrected chi connectivity index (χ4v) is 0.770. The highest BCUT2D eigenvalue weighted by atomic mass is 19.1. The quantitative estimate of drug-likeness (QED) is 0.470. The molecule has 0 spiro atoms. The van der Waals surface area contributed by atoms with Gasteiger partial charge in [0.2, 0.25) is 0 Å². The van der Waals surface area contributed by atoms with Crippen LogP contribution < -0.4 is 5.32 Å². The molecule has 0 amide bonds. The van der Waals surface area contributed by atoms with Gasteiger partial charge in [0.05, 0.1) is 0 Å². The average Bonchev–Trinajstić information content (AvgIpc) is 1.87. The van der Waals surface area contributed by atoms with E-state index >= 15 is 0 Å². The molecule has 1 N–H and O–H groups in total. The molecule has 1 aliphatic rings. The number of alkyl halides is 1. The molecule has 0 aromatic heterocycles. The van der Waals surface area contributed by atoms with Crippen molar-refractivity contribution < 1.29 is 4.39 Å². The Morgan fingerprint density at radius 1 is 1.71 bits per heavy atom. The molecular weight excluding hydrogens is 93.1 g/mol. The Morgan fingerprint density at radius 3 is 2.57 bits per heavy atom. The summed E-state index contributed by atoms with van der Waals surface area (Å²) in [5.74, 6) is 0. The van der Waals surface area contributed by atoms with E-state index in [1.807, 2.05) is 0 Å². The fourth-order valence-electron chi connectivity index (χ4n) is 0.770. The predicted octanol–water partition coefficient (Wildman–Crippen LogP) is 0.520. The number of hydrogen-bond donors (Lipinski definition) is 1. The molecule has 1 radical (unpaired) electrons. The molecule has 1 nitrogen and oxygen atoms in total. The topological polar surface area (TPSA) is 12.0 Å². The van der Waals surface area contributed by atoms with Gasteiger partial charge in [-0.25, -0.2) is 4.39 Å². The Kier molecular flexibility index (Phi) is 1.28. The van der Waals surface area contributed by atoms with E-state index in [0.29, 0.717) is 13.0 Å². The maximum absolute atomic E-state index is 12.1. The van der Waals surface area contributed by atoms with Crippen LogP contribution in [0.25, 0.3) is 0 Å². The summed E-state index contributed by atoms with van der Waals surface area (Å²) in [5, 5.41) is 2.88. The number of hydrogen-bond acceptors (Lipinski definition) is 1. The first kappa shape index (κ1) is 5.04. The van der Waals surface area contributed by atoms with Crippen molar-refractivity contribution in [3.63, 3.8) is 0 Å². The molecule has 1 heterocycles. The smallest absolute Gasteiger partial charge is 0.114 e. The highest BCUT2D eigenvalue weighted by Crippen LogP contribution is 2.07. The van der Waals surface area contributed by atoms with E-state index in [1.54, 1.807) is 0 Å². The largest absolute Gasteiger partial charge is 0.311 e. The van der Waals surface area contributed by atoms with E-state index < -0.39 is 6.17 Å². The molecule has 0 aromatic carbocycles. The van der Waals surface area contributed by atoms with Gasteiger partial charge in [0.1, 0.15) is 6.17 Å². The molecule has 0 saturated carbocycles. The molecule has 0 aromatic rings. The van der Waals surface area contributed by atoms with Crippen molar-refractivity contribution in [2.75, 3.05) is 6.54 Å². The van der Waals surface area contributed by atoms with Gasteiger partial charge in [0, 0.05) is 12.6 Å². The molecule has 1 aliphatic heterocycles. The zero-order valence-electron chi connectivity index (χ0n) is 4.15. The molecule has 0 bridgehead atoms. The van der Waals surface area contributed by atoms with Gasteiger partial charge in [0.15, 0.2) is 0 Å². The van der Waals surface area contributed by atoms with Crippen LogP contribution in [0.5, 0.6) is 0 Å². The zero-order valence-corrected chi connectivity index (χ0v) is 4.15. The SMILES string of the molecule is [CH2][C@@H]1C[C@H](F)CN1. The lowest BCUT2D eigenvalue weighted by Crippen LogP contribution is -2.17. The van der Waals surface area contributed by atoms with Crippen molar-refractivity contribution >= 4 is 0 Å². The summed E-state index contributed by atoms with van der Waals surface area (Å²) in [4.78, 5) is 0. The third kappa shape index (κ3) is 1.13. The van der Waals surface area contributed by atoms with E-state index in [0.717, 1.165) is 0 Å². The minimum atomic E-state index is -0.650. The molecule has 2 atom stereocenters. The van der Waals surface area contributed by atoms with Crippen molar-refractivity contribution in [2.45, 2.75) is 18.6 Å². The Balaban J connectivity index is 2.26. The van der Waals surface area contributed by atoms with Gasteiger partial charge in [-0.1, -0.05) is 0 Å². The summed E-state index contributed by atoms with van der Waals surface area (Å²) in [6.07, 6.45) is -0.0671. The third-order valence-electron chi connectivity index (χ3n) is 1.17. The second-order valence-electron chi connectivity index (χ2n) is 1.94. The van der Waals surface area contributed by atoms with Crippen LogP contribution >= 0.6 is 0 Å². The molecule has 7 heavy (non-hydrogen) atoms. The molecule has 1 saturated heterocycles. The monoisotopic (exact) mass is 102 g/mol. The van der Waals surface area contributed by atoms with E-state index in [9.17, 15) is 4.39 Å². The summed E-state index contributed by atoms with van der Waals surface area (Å²) < 4.78 is 12.1. The van der Waals surface area contributed by atoms with Crippen LogP contribution in [0.4, 0.5) is 4.39 Å². The standard InChI is InChI=1S/C5H9FN/c1-4-2-5(6)3-7-4/h4-5,7H,1-3H2/t4-,5+/m1/s1. The van der Waals surface area contributed by atoms with E-state index in [2.05, 4.69) is 12.2 Å². The van der Waals surface area contributed by atoms with Crippen LogP contribution in [0.2, 0.25) is 0 Å². The molecule has 0 aliphatic carbocycles. The highest BCUT2D eigenvalue weighted by Gasteiger charge is 2.18. The summed E-state index contributed by atoms with van der Waals surface area (Å²) in [6.45, 7) is 4.13. The Hall–Kier alpha value is -0.110. The first-order chi connectivity index (χ1) is 3.29. The predicted molar refractivity (Wildman–Crippen MR) is 26.7 cm³/mol. The van der Waals surface area contributed by atoms with Gasteiger partial charge in [-0.3, -0.25) is 0 Å². The first-order valence-electron chi connectivity index (χ1n) is 2.49. The zero-order chi connectivity index (χ0) is 5.28. The van der Waals surface area contributed by atoms with E-state index in [4.69, 9.17) is 0 Å². The number of rotatable bonds is 0. The summed E-state index contributed by atoms with van der Waals surface area (Å²) >= 11 is 0. The Bertz CT molecular complexity index is 57.1. The van der Waals surface area contributed by atoms with Gasteiger partial charge >= 0.3 is 0 Å². The first-order valence-corrected chi connectivity index (χ1v) is 2.49. The highest BCUT2D eigenvalue weighted by molar-refractivity contribution is 4.82. The van der Waals surface area contributed by atoms with Crippen molar-refractivity contribution in [2.24, 2.45) is 0 Å². The van der Waals surface area contributed by atoms with Crippen molar-refractivity contribution in [1.82, 2.24) is 5.32 Å². The summed E-state index contributed by atoms with van der Waals surface area (Å²) in [6, 6.07) is 0.148. The van der Waals surface area contributed by atoms with Gasteiger partial charge in [-0.05, 0) is 13.3 Å². The fraction of sp³-hybridized carbons (Fsp3) is 0.800. The maximum Gasteiger partial charge on any atom is 0.114 e. The maximum atomic E-state index is 12.1. The summed E-state index contributed by atoms with van der Waals surface area (Å²) in [7, 11) is 0. The molecule has 1 rings (SSSR count). The normalized spacial score (nSPS) is 42.0. The third-order valence-corrected chi connectivity index (χ3v) is 1.17. The van der Waals surface area contributed by atoms with E-state index in [1.165, 1.54) is 0 Å². The summed E-state index contributed by atoms with van der Waals surface area (Å²) in [5.41, 5.74) is 0. The Morgan fingerprint density at radius 2 is 2.43 bits per heavy atom. The number of nitrogens with one attached hydrogen (secondary N) is 1. The van der Waals surface area contributed by atoms with Crippen LogP contribution in [-0.2, 0) is 0 Å². The molecule has 2 heteroatoms. The molecule has 0 unspecified atom stereocenters. The van der Waals surface area contributed by atoms with Gasteiger partial charge < -0.3 is 5.32 Å². The lowest BCUT2D eigenvalue weighted by atomic mass is 10.2. The number of halogens is 1. The minimum Gasteiger partial charge on any atom is -0.311 e. The van der Waals surface area contributed by atoms with Crippen LogP contribution in [0, 0.1) is 6.92 Å². The molecular formula is C5H9FN. The van der Waals surface area contributed by atoms with Crippen LogP contribution in [0.3, 0.4) is 0 Å². The lowest BCUT2D eigenvalue weighted by molar-refractivity contribution is 0.358. The lowest BCUT2D eigenvalue weighted by Gasteiger charge is -1.94. The second-order valence-corrected chi connectivity index (χ2v) is 1.94. The second kappa shape index (κ2) is 1.78. The van der Waals surface area contributed by atoms with Gasteiger partial charge in [-0.2, -0.15) is 0 Å². The van der Waals surface area contributed by atoms with Crippen molar-refractivity contribution in [3.8, 4) is 0 Å². The van der Waals surface area contributed by atoms with Crippen molar-refractivity contribution in [3.05, 3.63) is 6.92 Å². The van der Waals surface area contributed by atoms with Crippen LogP contribution in [0.15, 0.2) is 0 Å². The van der Waals surface area contributed by atoms with Crippen LogP contribution in [-0.4, -0.2) is 18.8 Å². The minimum absolute atomic E-state index is 0.148. The van der Waals surface area contributed by atoms with Gasteiger partial charge in [0.25, 0.3) is 0 Å². The van der Waals surface area contributed by atoms with E-state index in [-0.39, 0.29) is 6.04 Å². The van der Waals surface area contributed by atoms with Crippen LogP contribution in [0.1, 0.15) is 6.42 Å². The average molecular weight is 102 g/mol. The molecule has 1 fully saturated rings.